The number of nitrogens with one attached hydrogen (secondary N) is 1. The number of aryl methyl sites for hydroxylation is 1. The number of nitrogens with zero attached hydrogens (tertiary/aromatic N) is 1. The van der Waals surface area contributed by atoms with Gasteiger partial charge in [-0.1, -0.05) is 12.1 Å². The number of anilines is 1. The minimum atomic E-state index is -1.02. The fourth-order valence-corrected chi connectivity index (χ4v) is 1.73. The summed E-state index contributed by atoms with van der Waals surface area (Å²) >= 11 is 0. The molecule has 0 atom stereocenters. The predicted octanol–water partition coefficient (Wildman–Crippen LogP) is 2.77. The molecule has 1 aromatic carbocycles. The normalized spacial score (nSPS) is 9.89. The molecule has 0 saturated carbocycles. The second-order valence-corrected chi connectivity index (χ2v) is 4.07. The Morgan fingerprint density at radius 1 is 1.53 bits per heavy atom. The highest BCUT2D eigenvalue weighted by molar-refractivity contribution is 5.87. The number of benzene rings is 1. The Balaban J connectivity index is 2.12. The van der Waals surface area contributed by atoms with Crippen molar-refractivity contribution in [2.24, 2.45) is 0 Å². The van der Waals surface area contributed by atoms with E-state index in [0.717, 1.165) is 5.56 Å². The largest absolute Gasteiger partial charge is 0.478 e. The summed E-state index contributed by atoms with van der Waals surface area (Å²) in [5, 5.41) is 20.9. The molecule has 0 unspecified atom stereocenters. The molecule has 0 aliphatic heterocycles. The molecule has 0 saturated heterocycles. The molecular weight excluding hydrogens is 244 g/mol. The van der Waals surface area contributed by atoms with Crippen LogP contribution in [0.15, 0.2) is 34.9 Å². The molecule has 1 aromatic heterocycles. The van der Waals surface area contributed by atoms with Crippen LogP contribution in [0.3, 0.4) is 0 Å². The maximum atomic E-state index is 10.7. The van der Waals surface area contributed by atoms with E-state index in [-0.39, 0.29) is 5.56 Å². The Bertz CT molecular complexity index is 653. The van der Waals surface area contributed by atoms with Crippen molar-refractivity contribution in [3.63, 3.8) is 0 Å². The van der Waals surface area contributed by atoms with Gasteiger partial charge in [-0.3, -0.25) is 0 Å². The quantitative estimate of drug-likeness (QED) is 0.878. The summed E-state index contributed by atoms with van der Waals surface area (Å²) in [5.41, 5.74) is 2.28. The summed E-state index contributed by atoms with van der Waals surface area (Å²) in [6.45, 7) is 2.19. The second-order valence-electron chi connectivity index (χ2n) is 4.07. The first-order chi connectivity index (χ1) is 9.11. The van der Waals surface area contributed by atoms with Gasteiger partial charge in [0.1, 0.15) is 18.1 Å². The van der Waals surface area contributed by atoms with Crippen LogP contribution in [0.1, 0.15) is 27.2 Å². The van der Waals surface area contributed by atoms with Gasteiger partial charge in [-0.05, 0) is 24.6 Å². The van der Waals surface area contributed by atoms with Crippen molar-refractivity contribution in [1.82, 2.24) is 0 Å². The van der Waals surface area contributed by atoms with Crippen molar-refractivity contribution in [3.8, 4) is 6.07 Å². The molecule has 96 valence electrons. The van der Waals surface area contributed by atoms with Crippen molar-refractivity contribution >= 4 is 11.7 Å². The molecule has 2 aromatic rings. The van der Waals surface area contributed by atoms with Gasteiger partial charge in [0.2, 0.25) is 0 Å². The lowest BCUT2D eigenvalue weighted by molar-refractivity contribution is 0.0696. The first kappa shape index (κ1) is 12.7. The summed E-state index contributed by atoms with van der Waals surface area (Å²) < 4.78 is 5.13. The van der Waals surface area contributed by atoms with Crippen LogP contribution in [-0.4, -0.2) is 11.1 Å². The van der Waals surface area contributed by atoms with E-state index in [2.05, 4.69) is 11.4 Å². The number of nitriles is 1. The van der Waals surface area contributed by atoms with Crippen LogP contribution in [0, 0.1) is 18.3 Å². The van der Waals surface area contributed by atoms with Crippen molar-refractivity contribution in [2.75, 3.05) is 5.32 Å². The Hall–Kier alpha value is -2.74. The van der Waals surface area contributed by atoms with Crippen molar-refractivity contribution in [1.29, 1.82) is 5.26 Å². The molecule has 19 heavy (non-hydrogen) atoms. The minimum absolute atomic E-state index is 0.113. The third kappa shape index (κ3) is 2.75. The molecule has 0 amide bonds. The topological polar surface area (TPSA) is 86.3 Å². The number of hydrogen-bond donors (Lipinski definition) is 2. The standard InChI is InChI=1S/C14H12N2O3/c1-9-3-2-4-13(12(9)6-15)16-7-11-5-10(8-19-11)14(17)18/h2-5,8,16H,7H2,1H3,(H,17,18). The zero-order valence-corrected chi connectivity index (χ0v) is 10.3. The Kier molecular flexibility index (Phi) is 3.53. The predicted molar refractivity (Wildman–Crippen MR) is 68.9 cm³/mol. The molecule has 5 nitrogen and oxygen atoms in total. The summed E-state index contributed by atoms with van der Waals surface area (Å²) in [6.07, 6.45) is 1.20. The molecular formula is C14H12N2O3. The average molecular weight is 256 g/mol. The molecule has 1 heterocycles. The maximum Gasteiger partial charge on any atom is 0.338 e. The highest BCUT2D eigenvalue weighted by atomic mass is 16.4. The number of furan rings is 1. The van der Waals surface area contributed by atoms with Crippen LogP contribution in [0.25, 0.3) is 0 Å². The summed E-state index contributed by atoms with van der Waals surface area (Å²) in [6, 6.07) is 9.10. The van der Waals surface area contributed by atoms with Crippen LogP contribution in [0.4, 0.5) is 5.69 Å². The highest BCUT2D eigenvalue weighted by Crippen LogP contribution is 2.19. The number of aromatic carboxylic acids is 1. The third-order valence-electron chi connectivity index (χ3n) is 2.74. The van der Waals surface area contributed by atoms with E-state index in [1.54, 1.807) is 6.07 Å². The Morgan fingerprint density at radius 3 is 2.95 bits per heavy atom. The average Bonchev–Trinajstić information content (AvgIpc) is 2.85. The summed E-state index contributed by atoms with van der Waals surface area (Å²) in [4.78, 5) is 10.7. The van der Waals surface area contributed by atoms with Gasteiger partial charge in [0.15, 0.2) is 0 Å². The third-order valence-corrected chi connectivity index (χ3v) is 2.74. The van der Waals surface area contributed by atoms with Gasteiger partial charge in [-0.2, -0.15) is 5.26 Å². The molecule has 0 radical (unpaired) electrons. The van der Waals surface area contributed by atoms with Gasteiger partial charge in [-0.25, -0.2) is 4.79 Å². The smallest absolute Gasteiger partial charge is 0.338 e. The fourth-order valence-electron chi connectivity index (χ4n) is 1.73. The molecule has 0 bridgehead atoms. The van der Waals surface area contributed by atoms with E-state index >= 15 is 0 Å². The second kappa shape index (κ2) is 5.27. The van der Waals surface area contributed by atoms with E-state index in [1.165, 1.54) is 12.3 Å². The van der Waals surface area contributed by atoms with Crippen LogP contribution >= 0.6 is 0 Å². The van der Waals surface area contributed by atoms with E-state index in [9.17, 15) is 4.79 Å². The lowest BCUT2D eigenvalue weighted by Crippen LogP contribution is -2.01. The molecule has 0 fully saturated rings. The van der Waals surface area contributed by atoms with E-state index < -0.39 is 5.97 Å². The van der Waals surface area contributed by atoms with Gasteiger partial charge in [0.05, 0.1) is 23.4 Å². The lowest BCUT2D eigenvalue weighted by atomic mass is 10.1. The number of carbonyl (C=O) groups is 1. The number of hydrogen-bond acceptors (Lipinski definition) is 4. The van der Waals surface area contributed by atoms with Gasteiger partial charge in [-0.15, -0.1) is 0 Å². The SMILES string of the molecule is Cc1cccc(NCc2cc(C(=O)O)co2)c1C#N. The van der Waals surface area contributed by atoms with E-state index in [4.69, 9.17) is 14.8 Å². The molecule has 2 rings (SSSR count). The monoisotopic (exact) mass is 256 g/mol. The van der Waals surface area contributed by atoms with Gasteiger partial charge in [0, 0.05) is 0 Å². The number of carboxylic acids is 1. The first-order valence-electron chi connectivity index (χ1n) is 5.66. The molecule has 5 heteroatoms. The van der Waals surface area contributed by atoms with Crippen molar-refractivity contribution in [2.45, 2.75) is 13.5 Å². The molecule has 0 aliphatic rings. The van der Waals surface area contributed by atoms with Gasteiger partial charge >= 0.3 is 5.97 Å². The number of carboxylic acid groups (broad SMARTS) is 1. The van der Waals surface area contributed by atoms with Crippen LogP contribution in [0.5, 0.6) is 0 Å². The highest BCUT2D eigenvalue weighted by Gasteiger charge is 2.09. The Morgan fingerprint density at radius 2 is 2.32 bits per heavy atom. The first-order valence-corrected chi connectivity index (χ1v) is 5.66. The molecule has 0 aliphatic carbocycles. The van der Waals surface area contributed by atoms with Crippen molar-refractivity contribution in [3.05, 3.63) is 53.0 Å². The van der Waals surface area contributed by atoms with E-state index in [0.29, 0.717) is 23.6 Å². The molecule has 2 N–H and O–H groups in total. The summed E-state index contributed by atoms with van der Waals surface area (Å²) in [7, 11) is 0. The van der Waals surface area contributed by atoms with Crippen LogP contribution < -0.4 is 5.32 Å². The number of rotatable bonds is 4. The fraction of sp³-hybridized carbons (Fsp3) is 0.143. The minimum Gasteiger partial charge on any atom is -0.478 e. The van der Waals surface area contributed by atoms with Crippen LogP contribution in [-0.2, 0) is 6.54 Å². The van der Waals surface area contributed by atoms with Gasteiger partial charge in [0.25, 0.3) is 0 Å². The Labute approximate surface area is 110 Å². The zero-order valence-electron chi connectivity index (χ0n) is 10.3. The van der Waals surface area contributed by atoms with E-state index in [1.807, 2.05) is 19.1 Å². The zero-order chi connectivity index (χ0) is 13.8. The summed E-state index contributed by atoms with van der Waals surface area (Å²) in [5.74, 6) is -0.522. The lowest BCUT2D eigenvalue weighted by Gasteiger charge is -2.08. The van der Waals surface area contributed by atoms with Crippen LogP contribution in [0.2, 0.25) is 0 Å². The maximum absolute atomic E-state index is 10.7. The molecule has 0 spiro atoms. The van der Waals surface area contributed by atoms with Gasteiger partial charge < -0.3 is 14.8 Å². The van der Waals surface area contributed by atoms with Crippen molar-refractivity contribution < 1.29 is 14.3 Å².